The second-order valence-electron chi connectivity index (χ2n) is 3.60. The third kappa shape index (κ3) is 2.04. The molecular weight excluding hydrogens is 229 g/mol. The van der Waals surface area contributed by atoms with Crippen molar-refractivity contribution in [2.24, 2.45) is 0 Å². The maximum absolute atomic E-state index is 13.6. The Morgan fingerprint density at radius 2 is 1.35 bits per heavy atom. The first-order valence-electron chi connectivity index (χ1n) is 4.79. The predicted molar refractivity (Wildman–Crippen MR) is 60.6 cm³/mol. The van der Waals surface area contributed by atoms with Crippen LogP contribution in [0.25, 0.3) is 11.1 Å². The third-order valence-electron chi connectivity index (χ3n) is 2.35. The highest BCUT2D eigenvalue weighted by Gasteiger charge is 2.13. The standard InChI is InChI=1S/C12H9F3N2/c13-8-3-6(1-2-11(8)17)12-9(14)4-7(16)5-10(12)15/h1-5H,16-17H2. The lowest BCUT2D eigenvalue weighted by atomic mass is 10.0. The fourth-order valence-corrected chi connectivity index (χ4v) is 1.55. The van der Waals surface area contributed by atoms with Crippen LogP contribution in [0.15, 0.2) is 30.3 Å². The van der Waals surface area contributed by atoms with Crippen molar-refractivity contribution < 1.29 is 13.2 Å². The lowest BCUT2D eigenvalue weighted by Gasteiger charge is -2.07. The average molecular weight is 238 g/mol. The Morgan fingerprint density at radius 1 is 0.765 bits per heavy atom. The van der Waals surface area contributed by atoms with E-state index in [9.17, 15) is 13.2 Å². The number of hydrogen-bond acceptors (Lipinski definition) is 2. The number of nitrogens with two attached hydrogens (primary N) is 2. The van der Waals surface area contributed by atoms with Crippen LogP contribution in [0.2, 0.25) is 0 Å². The number of nitrogen functional groups attached to an aromatic ring is 2. The van der Waals surface area contributed by atoms with Gasteiger partial charge in [-0.1, -0.05) is 6.07 Å². The zero-order chi connectivity index (χ0) is 12.6. The SMILES string of the molecule is Nc1cc(F)c(-c2ccc(N)c(F)c2)c(F)c1. The molecule has 2 aromatic carbocycles. The van der Waals surface area contributed by atoms with Gasteiger partial charge in [0, 0.05) is 5.69 Å². The second kappa shape index (κ2) is 4.01. The van der Waals surface area contributed by atoms with E-state index in [-0.39, 0.29) is 22.5 Å². The van der Waals surface area contributed by atoms with Crippen molar-refractivity contribution >= 4 is 11.4 Å². The summed E-state index contributed by atoms with van der Waals surface area (Å²) in [7, 11) is 0. The molecule has 0 bridgehead atoms. The Kier molecular flexibility index (Phi) is 2.67. The largest absolute Gasteiger partial charge is 0.399 e. The van der Waals surface area contributed by atoms with E-state index in [2.05, 4.69) is 0 Å². The van der Waals surface area contributed by atoms with E-state index in [1.54, 1.807) is 0 Å². The number of anilines is 2. The van der Waals surface area contributed by atoms with Gasteiger partial charge < -0.3 is 11.5 Å². The summed E-state index contributed by atoms with van der Waals surface area (Å²) in [6.45, 7) is 0. The zero-order valence-electron chi connectivity index (χ0n) is 8.68. The topological polar surface area (TPSA) is 52.0 Å². The molecule has 0 amide bonds. The van der Waals surface area contributed by atoms with Gasteiger partial charge in [-0.3, -0.25) is 0 Å². The van der Waals surface area contributed by atoms with Gasteiger partial charge in [-0.05, 0) is 29.8 Å². The fraction of sp³-hybridized carbons (Fsp3) is 0. The molecule has 5 heteroatoms. The predicted octanol–water partition coefficient (Wildman–Crippen LogP) is 2.94. The number of benzene rings is 2. The van der Waals surface area contributed by atoms with E-state index in [4.69, 9.17) is 11.5 Å². The first-order chi connectivity index (χ1) is 7.99. The van der Waals surface area contributed by atoms with Gasteiger partial charge in [0.25, 0.3) is 0 Å². The van der Waals surface area contributed by atoms with E-state index in [1.165, 1.54) is 12.1 Å². The van der Waals surface area contributed by atoms with Gasteiger partial charge in [-0.15, -0.1) is 0 Å². The molecule has 0 unspecified atom stereocenters. The molecule has 0 atom stereocenters. The summed E-state index contributed by atoms with van der Waals surface area (Å²) in [5.74, 6) is -2.41. The Bertz CT molecular complexity index is 559. The van der Waals surface area contributed by atoms with Crippen LogP contribution in [-0.2, 0) is 0 Å². The minimum Gasteiger partial charge on any atom is -0.399 e. The van der Waals surface area contributed by atoms with E-state index in [1.807, 2.05) is 0 Å². The van der Waals surface area contributed by atoms with Gasteiger partial charge in [-0.25, -0.2) is 13.2 Å². The second-order valence-corrected chi connectivity index (χ2v) is 3.60. The van der Waals surface area contributed by atoms with Crippen molar-refractivity contribution in [2.75, 3.05) is 11.5 Å². The van der Waals surface area contributed by atoms with E-state index in [0.29, 0.717) is 0 Å². The molecule has 17 heavy (non-hydrogen) atoms. The molecule has 2 aromatic rings. The maximum atomic E-state index is 13.6. The summed E-state index contributed by atoms with van der Waals surface area (Å²) in [5, 5.41) is 0. The molecule has 0 radical (unpaired) electrons. The summed E-state index contributed by atoms with van der Waals surface area (Å²) in [6.07, 6.45) is 0. The van der Waals surface area contributed by atoms with E-state index < -0.39 is 17.5 Å². The van der Waals surface area contributed by atoms with Crippen LogP contribution in [0.4, 0.5) is 24.5 Å². The molecule has 0 fully saturated rings. The molecule has 0 aliphatic carbocycles. The normalized spacial score (nSPS) is 10.5. The quantitative estimate of drug-likeness (QED) is 0.750. The number of hydrogen-bond donors (Lipinski definition) is 2. The Hall–Kier alpha value is -2.17. The van der Waals surface area contributed by atoms with Gasteiger partial charge in [0.1, 0.15) is 17.5 Å². The molecule has 0 saturated heterocycles. The number of rotatable bonds is 1. The van der Waals surface area contributed by atoms with Crippen LogP contribution in [-0.4, -0.2) is 0 Å². The summed E-state index contributed by atoms with van der Waals surface area (Å²) in [6, 6.07) is 5.53. The van der Waals surface area contributed by atoms with Crippen molar-refractivity contribution in [1.29, 1.82) is 0 Å². The molecule has 2 nitrogen and oxygen atoms in total. The smallest absolute Gasteiger partial charge is 0.146 e. The molecule has 0 saturated carbocycles. The monoisotopic (exact) mass is 238 g/mol. The van der Waals surface area contributed by atoms with Crippen molar-refractivity contribution in [2.45, 2.75) is 0 Å². The highest BCUT2D eigenvalue weighted by atomic mass is 19.1. The molecule has 0 aromatic heterocycles. The van der Waals surface area contributed by atoms with Crippen LogP contribution in [0, 0.1) is 17.5 Å². The lowest BCUT2D eigenvalue weighted by Crippen LogP contribution is -1.96. The summed E-state index contributed by atoms with van der Waals surface area (Å²) in [5.41, 5.74) is 10.2. The minimum absolute atomic E-state index is 0.0281. The summed E-state index contributed by atoms with van der Waals surface area (Å²) >= 11 is 0. The zero-order valence-corrected chi connectivity index (χ0v) is 8.68. The van der Waals surface area contributed by atoms with E-state index in [0.717, 1.165) is 18.2 Å². The molecule has 4 N–H and O–H groups in total. The van der Waals surface area contributed by atoms with Gasteiger partial charge in [0.05, 0.1) is 11.3 Å². The van der Waals surface area contributed by atoms with Crippen LogP contribution in [0.5, 0.6) is 0 Å². The van der Waals surface area contributed by atoms with Crippen LogP contribution < -0.4 is 11.5 Å². The maximum Gasteiger partial charge on any atom is 0.146 e. The highest BCUT2D eigenvalue weighted by Crippen LogP contribution is 2.29. The third-order valence-corrected chi connectivity index (χ3v) is 2.35. The van der Waals surface area contributed by atoms with Gasteiger partial charge in [0.15, 0.2) is 0 Å². The van der Waals surface area contributed by atoms with Crippen LogP contribution in [0.3, 0.4) is 0 Å². The van der Waals surface area contributed by atoms with Crippen LogP contribution in [0.1, 0.15) is 0 Å². The van der Waals surface area contributed by atoms with Crippen molar-refractivity contribution in [3.8, 4) is 11.1 Å². The molecule has 0 spiro atoms. The Morgan fingerprint density at radius 3 is 1.88 bits per heavy atom. The first-order valence-corrected chi connectivity index (χ1v) is 4.79. The van der Waals surface area contributed by atoms with Gasteiger partial charge >= 0.3 is 0 Å². The highest BCUT2D eigenvalue weighted by molar-refractivity contribution is 5.69. The molecule has 0 heterocycles. The molecule has 0 aliphatic heterocycles. The average Bonchev–Trinajstić information content (AvgIpc) is 2.21. The molecule has 88 valence electrons. The summed E-state index contributed by atoms with van der Waals surface area (Å²) in [4.78, 5) is 0. The first kappa shape index (κ1) is 11.3. The molecule has 0 aliphatic rings. The Labute approximate surface area is 95.7 Å². The van der Waals surface area contributed by atoms with Gasteiger partial charge in [-0.2, -0.15) is 0 Å². The molecular formula is C12H9F3N2. The van der Waals surface area contributed by atoms with Gasteiger partial charge in [0.2, 0.25) is 0 Å². The fourth-order valence-electron chi connectivity index (χ4n) is 1.55. The minimum atomic E-state index is -0.841. The van der Waals surface area contributed by atoms with E-state index >= 15 is 0 Å². The van der Waals surface area contributed by atoms with Crippen molar-refractivity contribution in [3.05, 3.63) is 47.8 Å². The number of halogens is 3. The van der Waals surface area contributed by atoms with Crippen molar-refractivity contribution in [1.82, 2.24) is 0 Å². The van der Waals surface area contributed by atoms with Crippen LogP contribution >= 0.6 is 0 Å². The summed E-state index contributed by atoms with van der Waals surface area (Å²) < 4.78 is 40.3. The van der Waals surface area contributed by atoms with Crippen molar-refractivity contribution in [3.63, 3.8) is 0 Å². The molecule has 2 rings (SSSR count). The lowest BCUT2D eigenvalue weighted by molar-refractivity contribution is 0.590. The Balaban J connectivity index is 2.64.